The molecule has 0 spiro atoms. The minimum absolute atomic E-state index is 0.142. The predicted molar refractivity (Wildman–Crippen MR) is 45.8 cm³/mol. The van der Waals surface area contributed by atoms with Crippen LogP contribution in [0.1, 0.15) is 20.8 Å². The molecule has 0 saturated carbocycles. The summed E-state index contributed by atoms with van der Waals surface area (Å²) >= 11 is 4.64. The lowest BCUT2D eigenvalue weighted by molar-refractivity contribution is -0.148. The second-order valence-corrected chi connectivity index (χ2v) is 0.870. The summed E-state index contributed by atoms with van der Waals surface area (Å²) < 4.78 is 4.18. The Labute approximate surface area is 72.7 Å². The van der Waals surface area contributed by atoms with Crippen molar-refractivity contribution in [2.24, 2.45) is 0 Å². The number of carbonyl (C=O) groups is 2. The van der Waals surface area contributed by atoms with E-state index in [9.17, 15) is 9.59 Å². The van der Waals surface area contributed by atoms with Crippen molar-refractivity contribution >= 4 is 23.9 Å². The fraction of sp³-hybridized carbons (Fsp3) is 0.714. The Kier molecular flexibility index (Phi) is 34.7. The molecule has 11 heavy (non-hydrogen) atoms. The first-order valence-electron chi connectivity index (χ1n) is 3.31. The van der Waals surface area contributed by atoms with Gasteiger partial charge in [-0.2, -0.15) is 0 Å². The van der Waals surface area contributed by atoms with E-state index < -0.39 is 5.97 Å². The first-order chi connectivity index (χ1) is 5.31. The Morgan fingerprint density at radius 2 is 1.82 bits per heavy atom. The maximum absolute atomic E-state index is 9.82. The van der Waals surface area contributed by atoms with Crippen molar-refractivity contribution in [3.05, 3.63) is 0 Å². The van der Waals surface area contributed by atoms with Crippen LogP contribution in [0, 0.1) is 0 Å². The predicted octanol–water partition coefficient (Wildman–Crippen LogP) is 1.63. The molecule has 0 unspecified atom stereocenters. The maximum Gasteiger partial charge on any atom is 0.371 e. The number of halogens is 1. The molecule has 0 aromatic heterocycles. The molecule has 0 aromatic rings. The molecule has 0 aliphatic heterocycles. The third-order valence-corrected chi connectivity index (χ3v) is 0.383. The van der Waals surface area contributed by atoms with Gasteiger partial charge in [-0.1, -0.05) is 13.8 Å². The number of esters is 1. The van der Waals surface area contributed by atoms with Gasteiger partial charge in [0, 0.05) is 6.38 Å². The SMILES string of the molecule is CC.CCOC(=O)C=O.CCl. The molecule has 4 heteroatoms. The molecule has 0 amide bonds. The van der Waals surface area contributed by atoms with Crippen LogP contribution in [-0.2, 0) is 14.3 Å². The molecule has 3 nitrogen and oxygen atoms in total. The third kappa shape index (κ3) is 26.5. The van der Waals surface area contributed by atoms with Crippen molar-refractivity contribution < 1.29 is 14.3 Å². The number of carbonyl (C=O) groups excluding carboxylic acids is 2. The molecule has 0 heterocycles. The van der Waals surface area contributed by atoms with Crippen molar-refractivity contribution in [3.63, 3.8) is 0 Å². The fourth-order valence-electron chi connectivity index (χ4n) is 0.176. The Morgan fingerprint density at radius 1 is 1.45 bits per heavy atom. The number of hydrogen-bond acceptors (Lipinski definition) is 3. The van der Waals surface area contributed by atoms with Crippen molar-refractivity contribution in [3.8, 4) is 0 Å². The van der Waals surface area contributed by atoms with Crippen LogP contribution >= 0.6 is 11.6 Å². The highest BCUT2D eigenvalue weighted by Crippen LogP contribution is 1.68. The molecule has 0 aliphatic carbocycles. The van der Waals surface area contributed by atoms with E-state index in [4.69, 9.17) is 0 Å². The summed E-state index contributed by atoms with van der Waals surface area (Å²) in [4.78, 5) is 19.2. The van der Waals surface area contributed by atoms with Gasteiger partial charge in [0.2, 0.25) is 6.29 Å². The highest BCUT2D eigenvalue weighted by molar-refractivity contribution is 6.20. The van der Waals surface area contributed by atoms with E-state index in [2.05, 4.69) is 16.3 Å². The van der Waals surface area contributed by atoms with E-state index in [0.29, 0.717) is 0 Å². The molecule has 0 fully saturated rings. The quantitative estimate of drug-likeness (QED) is 0.282. The molecule has 0 aliphatic rings. The highest BCUT2D eigenvalue weighted by atomic mass is 35.5. The van der Waals surface area contributed by atoms with Gasteiger partial charge in [-0.25, -0.2) is 4.79 Å². The number of ether oxygens (including phenoxy) is 1. The van der Waals surface area contributed by atoms with Crippen LogP contribution in [0.2, 0.25) is 0 Å². The Morgan fingerprint density at radius 3 is 1.91 bits per heavy atom. The minimum atomic E-state index is -0.803. The summed E-state index contributed by atoms with van der Waals surface area (Å²) in [5, 5.41) is 0. The number of alkyl halides is 1. The summed E-state index contributed by atoms with van der Waals surface area (Å²) in [7, 11) is 0. The second kappa shape index (κ2) is 22.7. The molecule has 0 rings (SSSR count). The van der Waals surface area contributed by atoms with Gasteiger partial charge in [-0.05, 0) is 6.92 Å². The first kappa shape index (κ1) is 16.8. The van der Waals surface area contributed by atoms with Crippen LogP contribution in [-0.4, -0.2) is 25.2 Å². The van der Waals surface area contributed by atoms with E-state index in [1.54, 1.807) is 6.92 Å². The second-order valence-electron chi connectivity index (χ2n) is 0.870. The summed E-state index contributed by atoms with van der Waals surface area (Å²) in [6.45, 7) is 5.90. The summed E-state index contributed by atoms with van der Waals surface area (Å²) in [5.74, 6) is -0.803. The van der Waals surface area contributed by atoms with Crippen LogP contribution in [0.5, 0.6) is 0 Å². The van der Waals surface area contributed by atoms with Crippen molar-refractivity contribution in [2.75, 3.05) is 13.0 Å². The molecule has 0 aromatic carbocycles. The zero-order valence-corrected chi connectivity index (χ0v) is 8.14. The number of hydrogen-bond donors (Lipinski definition) is 0. The van der Waals surface area contributed by atoms with E-state index in [0.717, 1.165) is 0 Å². The van der Waals surface area contributed by atoms with Gasteiger partial charge < -0.3 is 4.74 Å². The number of rotatable bonds is 2. The lowest BCUT2D eigenvalue weighted by atomic mass is 10.7. The van der Waals surface area contributed by atoms with E-state index in [-0.39, 0.29) is 12.9 Å². The monoisotopic (exact) mass is 182 g/mol. The van der Waals surface area contributed by atoms with Crippen LogP contribution in [0.4, 0.5) is 0 Å². The Bertz CT molecular complexity index is 83.8. The van der Waals surface area contributed by atoms with Crippen LogP contribution in [0.3, 0.4) is 0 Å². The van der Waals surface area contributed by atoms with Gasteiger partial charge >= 0.3 is 5.97 Å². The fourth-order valence-corrected chi connectivity index (χ4v) is 0.176. The van der Waals surface area contributed by atoms with Gasteiger partial charge in [0.1, 0.15) is 0 Å². The lowest BCUT2D eigenvalue weighted by Crippen LogP contribution is -2.03. The smallest absolute Gasteiger partial charge is 0.371 e. The normalized spacial score (nSPS) is 5.91. The first-order valence-corrected chi connectivity index (χ1v) is 4.06. The maximum atomic E-state index is 9.82. The van der Waals surface area contributed by atoms with Crippen molar-refractivity contribution in [2.45, 2.75) is 20.8 Å². The zero-order chi connectivity index (χ0) is 9.70. The molecule has 0 N–H and O–H groups in total. The molecular weight excluding hydrogens is 168 g/mol. The van der Waals surface area contributed by atoms with E-state index in [1.807, 2.05) is 13.8 Å². The van der Waals surface area contributed by atoms with Gasteiger partial charge in [-0.15, -0.1) is 11.6 Å². The molecular formula is C7H15ClO3. The van der Waals surface area contributed by atoms with Crippen LogP contribution < -0.4 is 0 Å². The lowest BCUT2D eigenvalue weighted by Gasteiger charge is -1.88. The van der Waals surface area contributed by atoms with Crippen molar-refractivity contribution in [1.29, 1.82) is 0 Å². The summed E-state index contributed by atoms with van der Waals surface area (Å²) in [5.41, 5.74) is 0. The van der Waals surface area contributed by atoms with Gasteiger partial charge in [0.25, 0.3) is 0 Å². The van der Waals surface area contributed by atoms with Crippen molar-refractivity contribution in [1.82, 2.24) is 0 Å². The summed E-state index contributed by atoms with van der Waals surface area (Å²) in [6.07, 6.45) is 1.61. The molecule has 0 bridgehead atoms. The minimum Gasteiger partial charge on any atom is -0.460 e. The molecule has 0 saturated heterocycles. The summed E-state index contributed by atoms with van der Waals surface area (Å²) in [6, 6.07) is 0. The average Bonchev–Trinajstić information content (AvgIpc) is 2.12. The van der Waals surface area contributed by atoms with Crippen LogP contribution in [0.25, 0.3) is 0 Å². The van der Waals surface area contributed by atoms with Gasteiger partial charge in [0.15, 0.2) is 0 Å². The highest BCUT2D eigenvalue weighted by Gasteiger charge is 1.91. The average molecular weight is 183 g/mol. The van der Waals surface area contributed by atoms with E-state index in [1.165, 1.54) is 6.38 Å². The Hall–Kier alpha value is -0.570. The third-order valence-electron chi connectivity index (χ3n) is 0.383. The van der Waals surface area contributed by atoms with Gasteiger partial charge in [0.05, 0.1) is 6.61 Å². The molecule has 68 valence electrons. The van der Waals surface area contributed by atoms with Gasteiger partial charge in [-0.3, -0.25) is 4.79 Å². The number of aldehydes is 1. The molecule has 0 atom stereocenters. The topological polar surface area (TPSA) is 43.4 Å². The molecule has 0 radical (unpaired) electrons. The largest absolute Gasteiger partial charge is 0.460 e. The Balaban J connectivity index is -0.000000138. The van der Waals surface area contributed by atoms with Crippen LogP contribution in [0.15, 0.2) is 0 Å². The zero-order valence-electron chi connectivity index (χ0n) is 7.39. The van der Waals surface area contributed by atoms with E-state index >= 15 is 0 Å². The standard InChI is InChI=1S/C4H6O3.C2H6.CH3Cl/c1-2-7-4(6)3-5;2*1-2/h3H,2H2,1H3;1-2H3;1H3.